The first-order valence-corrected chi connectivity index (χ1v) is 11.2. The Morgan fingerprint density at radius 2 is 1.55 bits per heavy atom. The van der Waals surface area contributed by atoms with E-state index in [0.717, 1.165) is 12.1 Å². The second kappa shape index (κ2) is 9.65. The van der Waals surface area contributed by atoms with Crippen LogP contribution in [0.25, 0.3) is 0 Å². The van der Waals surface area contributed by atoms with E-state index in [1.807, 2.05) is 0 Å². The fourth-order valence-electron chi connectivity index (χ4n) is 3.00. The van der Waals surface area contributed by atoms with Crippen LogP contribution in [0, 0.1) is 10.1 Å². The highest BCUT2D eigenvalue weighted by Crippen LogP contribution is 2.31. The van der Waals surface area contributed by atoms with Crippen molar-refractivity contribution in [1.82, 2.24) is 4.31 Å². The number of halogens is 2. The van der Waals surface area contributed by atoms with E-state index in [1.165, 1.54) is 23.5 Å². The standard InChI is InChI=1S/C21H18Cl2N2O5S/c1-30-21-8-3-2-5-15(21)13-24(14-18-19(22)6-4-7-20(18)23)31(28,29)17-11-9-16(10-12-17)25(26)27/h2-12H,13-14H2,1H3. The molecule has 0 amide bonds. The predicted molar refractivity (Wildman–Crippen MR) is 119 cm³/mol. The highest BCUT2D eigenvalue weighted by atomic mass is 35.5. The molecule has 0 saturated heterocycles. The SMILES string of the molecule is COc1ccccc1CN(Cc1c(Cl)cccc1Cl)S(=O)(=O)c1ccc([N+](=O)[O-])cc1. The van der Waals surface area contributed by atoms with Gasteiger partial charge in [0.1, 0.15) is 5.75 Å². The van der Waals surface area contributed by atoms with Gasteiger partial charge < -0.3 is 4.74 Å². The summed E-state index contributed by atoms with van der Waals surface area (Å²) in [6.45, 7) is -0.124. The number of non-ortho nitro benzene ring substituents is 1. The van der Waals surface area contributed by atoms with Crippen LogP contribution in [0.15, 0.2) is 71.6 Å². The van der Waals surface area contributed by atoms with Crippen molar-refractivity contribution in [2.24, 2.45) is 0 Å². The smallest absolute Gasteiger partial charge is 0.269 e. The molecule has 0 aliphatic heterocycles. The van der Waals surface area contributed by atoms with E-state index in [9.17, 15) is 18.5 Å². The van der Waals surface area contributed by atoms with Crippen molar-refractivity contribution in [3.8, 4) is 5.75 Å². The summed E-state index contributed by atoms with van der Waals surface area (Å²) in [6, 6.07) is 16.7. The van der Waals surface area contributed by atoms with Gasteiger partial charge in [-0.2, -0.15) is 4.31 Å². The van der Waals surface area contributed by atoms with Crippen molar-refractivity contribution in [2.75, 3.05) is 7.11 Å². The average molecular weight is 481 g/mol. The highest BCUT2D eigenvalue weighted by molar-refractivity contribution is 7.89. The molecule has 0 fully saturated rings. The average Bonchev–Trinajstić information content (AvgIpc) is 2.75. The number of nitro benzene ring substituents is 1. The fourth-order valence-corrected chi connectivity index (χ4v) is 4.90. The molecule has 0 heterocycles. The quantitative estimate of drug-likeness (QED) is 0.322. The lowest BCUT2D eigenvalue weighted by atomic mass is 10.2. The van der Waals surface area contributed by atoms with Crippen LogP contribution in [0.2, 0.25) is 10.0 Å². The van der Waals surface area contributed by atoms with Crippen LogP contribution >= 0.6 is 23.2 Å². The lowest BCUT2D eigenvalue weighted by Gasteiger charge is -2.24. The van der Waals surface area contributed by atoms with Gasteiger partial charge in [-0.25, -0.2) is 8.42 Å². The maximum atomic E-state index is 13.5. The second-order valence-electron chi connectivity index (χ2n) is 6.54. The third kappa shape index (κ3) is 5.16. The molecule has 7 nitrogen and oxygen atoms in total. The summed E-state index contributed by atoms with van der Waals surface area (Å²) in [4.78, 5) is 10.2. The number of rotatable bonds is 8. The first-order chi connectivity index (χ1) is 14.7. The first kappa shape index (κ1) is 23.0. The van der Waals surface area contributed by atoms with Crippen LogP contribution in [0.4, 0.5) is 5.69 Å². The number of nitrogens with zero attached hydrogens (tertiary/aromatic N) is 2. The molecule has 0 bridgehead atoms. The van der Waals surface area contributed by atoms with Gasteiger partial charge in [-0.1, -0.05) is 47.5 Å². The van der Waals surface area contributed by atoms with Crippen LogP contribution in [0.3, 0.4) is 0 Å². The lowest BCUT2D eigenvalue weighted by molar-refractivity contribution is -0.384. The van der Waals surface area contributed by atoms with Gasteiger partial charge >= 0.3 is 0 Å². The lowest BCUT2D eigenvalue weighted by Crippen LogP contribution is -2.30. The molecule has 3 rings (SSSR count). The number of methoxy groups -OCH3 is 1. The largest absolute Gasteiger partial charge is 0.496 e. The van der Waals surface area contributed by atoms with E-state index in [2.05, 4.69) is 0 Å². The normalized spacial score (nSPS) is 11.5. The number of para-hydroxylation sites is 1. The zero-order valence-electron chi connectivity index (χ0n) is 16.4. The van der Waals surface area contributed by atoms with Crippen LogP contribution < -0.4 is 4.74 Å². The van der Waals surface area contributed by atoms with E-state index in [4.69, 9.17) is 27.9 Å². The van der Waals surface area contributed by atoms with E-state index in [1.54, 1.807) is 42.5 Å². The van der Waals surface area contributed by atoms with Gasteiger partial charge in [-0.3, -0.25) is 10.1 Å². The predicted octanol–water partition coefficient (Wildman–Crippen LogP) is 5.30. The van der Waals surface area contributed by atoms with Gasteiger partial charge in [-0.15, -0.1) is 0 Å². The second-order valence-corrected chi connectivity index (χ2v) is 9.29. The molecular weight excluding hydrogens is 463 g/mol. The van der Waals surface area contributed by atoms with Crippen molar-refractivity contribution >= 4 is 38.9 Å². The van der Waals surface area contributed by atoms with Gasteiger partial charge in [0, 0.05) is 46.4 Å². The first-order valence-electron chi connectivity index (χ1n) is 9.03. The molecule has 31 heavy (non-hydrogen) atoms. The Hall–Kier alpha value is -2.65. The molecule has 162 valence electrons. The molecule has 0 unspecified atom stereocenters. The van der Waals surface area contributed by atoms with Crippen molar-refractivity contribution in [3.05, 3.63) is 98.0 Å². The molecule has 0 aliphatic carbocycles. The zero-order valence-corrected chi connectivity index (χ0v) is 18.7. The van der Waals surface area contributed by atoms with E-state index in [0.29, 0.717) is 26.9 Å². The molecule has 0 atom stereocenters. The topological polar surface area (TPSA) is 89.8 Å². The Kier molecular flexibility index (Phi) is 7.17. The maximum absolute atomic E-state index is 13.5. The maximum Gasteiger partial charge on any atom is 0.269 e. The summed E-state index contributed by atoms with van der Waals surface area (Å²) in [5, 5.41) is 11.6. The summed E-state index contributed by atoms with van der Waals surface area (Å²) < 4.78 is 33.5. The van der Waals surface area contributed by atoms with Crippen molar-refractivity contribution in [1.29, 1.82) is 0 Å². The third-order valence-corrected chi connectivity index (χ3v) is 7.13. The molecule has 3 aromatic carbocycles. The van der Waals surface area contributed by atoms with Gasteiger partial charge in [0.15, 0.2) is 0 Å². The number of ether oxygens (including phenoxy) is 1. The minimum Gasteiger partial charge on any atom is -0.496 e. The number of hydrogen-bond donors (Lipinski definition) is 0. The molecule has 0 N–H and O–H groups in total. The molecule has 0 aromatic heterocycles. The number of nitro groups is 1. The monoisotopic (exact) mass is 480 g/mol. The van der Waals surface area contributed by atoms with Gasteiger partial charge in [0.25, 0.3) is 5.69 Å². The van der Waals surface area contributed by atoms with E-state index in [-0.39, 0.29) is 23.7 Å². The van der Waals surface area contributed by atoms with Gasteiger partial charge in [0.2, 0.25) is 10.0 Å². The molecule has 0 aliphatic rings. The number of sulfonamides is 1. The molecule has 0 saturated carbocycles. The summed E-state index contributed by atoms with van der Waals surface area (Å²) in [6.07, 6.45) is 0. The third-order valence-electron chi connectivity index (χ3n) is 4.62. The number of benzene rings is 3. The summed E-state index contributed by atoms with van der Waals surface area (Å²) in [5.41, 5.74) is 0.884. The Labute approximate surface area is 190 Å². The molecule has 0 spiro atoms. The van der Waals surface area contributed by atoms with Crippen molar-refractivity contribution < 1.29 is 18.1 Å². The zero-order chi connectivity index (χ0) is 22.6. The van der Waals surface area contributed by atoms with Crippen LogP contribution in [0.5, 0.6) is 5.75 Å². The van der Waals surface area contributed by atoms with Crippen molar-refractivity contribution in [3.63, 3.8) is 0 Å². The molecule has 3 aromatic rings. The van der Waals surface area contributed by atoms with E-state index >= 15 is 0 Å². The Morgan fingerprint density at radius 3 is 2.13 bits per heavy atom. The van der Waals surface area contributed by atoms with Gasteiger partial charge in [-0.05, 0) is 30.3 Å². The van der Waals surface area contributed by atoms with Crippen LogP contribution in [0.1, 0.15) is 11.1 Å². The molecule has 10 heteroatoms. The minimum atomic E-state index is -4.06. The summed E-state index contributed by atoms with van der Waals surface area (Å²) in [5.74, 6) is 0.525. The minimum absolute atomic E-state index is 0.0229. The van der Waals surface area contributed by atoms with Crippen LogP contribution in [-0.2, 0) is 23.1 Å². The van der Waals surface area contributed by atoms with Crippen molar-refractivity contribution in [2.45, 2.75) is 18.0 Å². The molecular formula is C21H18Cl2N2O5S. The van der Waals surface area contributed by atoms with Gasteiger partial charge in [0.05, 0.1) is 16.9 Å². The highest BCUT2D eigenvalue weighted by Gasteiger charge is 2.28. The summed E-state index contributed by atoms with van der Waals surface area (Å²) in [7, 11) is -2.56. The Bertz CT molecular complexity index is 1180. The fraction of sp³-hybridized carbons (Fsp3) is 0.143. The van der Waals surface area contributed by atoms with Crippen LogP contribution in [-0.4, -0.2) is 24.8 Å². The molecule has 0 radical (unpaired) electrons. The Morgan fingerprint density at radius 1 is 0.935 bits per heavy atom. The number of hydrogen-bond acceptors (Lipinski definition) is 5. The Balaban J connectivity index is 2.06. The van der Waals surface area contributed by atoms with E-state index < -0.39 is 14.9 Å². The summed E-state index contributed by atoms with van der Waals surface area (Å²) >= 11 is 12.6.